The van der Waals surface area contributed by atoms with Crippen molar-refractivity contribution in [1.29, 1.82) is 0 Å². The van der Waals surface area contributed by atoms with E-state index in [1.54, 1.807) is 0 Å². The van der Waals surface area contributed by atoms with Crippen LogP contribution in [0.5, 0.6) is 5.75 Å². The molecule has 0 saturated heterocycles. The summed E-state index contributed by atoms with van der Waals surface area (Å²) >= 11 is 0. The summed E-state index contributed by atoms with van der Waals surface area (Å²) in [5.41, 5.74) is 0. The van der Waals surface area contributed by atoms with Gasteiger partial charge in [0.2, 0.25) is 0 Å². The van der Waals surface area contributed by atoms with E-state index in [9.17, 15) is 4.57 Å². The summed E-state index contributed by atoms with van der Waals surface area (Å²) in [4.78, 5) is 17.1. The fraction of sp³-hybridized carbons (Fsp3) is 0.714. The van der Waals surface area contributed by atoms with Gasteiger partial charge in [0.1, 0.15) is 11.9 Å². The molecule has 1 rings (SSSR count). The molecule has 1 unspecified atom stereocenters. The van der Waals surface area contributed by atoms with Crippen molar-refractivity contribution in [1.82, 2.24) is 0 Å². The first kappa shape index (κ1) is 27.0. The third-order valence-electron chi connectivity index (χ3n) is 4.21. The van der Waals surface area contributed by atoms with E-state index in [0.29, 0.717) is 33.0 Å². The van der Waals surface area contributed by atoms with Crippen LogP contribution in [0.1, 0.15) is 45.4 Å². The number of rotatable bonds is 20. The quantitative estimate of drug-likeness (QED) is 0.228. The van der Waals surface area contributed by atoms with E-state index in [0.717, 1.165) is 18.6 Å². The molecule has 0 fully saturated rings. The average Bonchev–Trinajstić information content (AvgIpc) is 2.71. The molecule has 1 aromatic carbocycles. The van der Waals surface area contributed by atoms with Crippen LogP contribution in [0.4, 0.5) is 0 Å². The number of phosphoric acid groups is 1. The summed E-state index contributed by atoms with van der Waals surface area (Å²) in [6, 6.07) is 9.80. The summed E-state index contributed by atoms with van der Waals surface area (Å²) in [6.07, 6.45) is 7.09. The first-order valence-corrected chi connectivity index (χ1v) is 12.2. The fourth-order valence-electron chi connectivity index (χ4n) is 2.71. The molecule has 0 aliphatic carbocycles. The number of hydrogen-bond acceptors (Lipinski definition) is 6. The third kappa shape index (κ3) is 16.8. The van der Waals surface area contributed by atoms with Gasteiger partial charge in [-0.05, 0) is 25.0 Å². The van der Waals surface area contributed by atoms with Crippen molar-refractivity contribution in [3.63, 3.8) is 0 Å². The van der Waals surface area contributed by atoms with Crippen LogP contribution in [0.3, 0.4) is 0 Å². The summed E-state index contributed by atoms with van der Waals surface area (Å²) in [7, 11) is -4.42. The molecule has 0 bridgehead atoms. The Hall–Kier alpha value is -0.990. The molecule has 0 aliphatic rings. The van der Waals surface area contributed by atoms with Gasteiger partial charge in [0.05, 0.1) is 46.2 Å². The van der Waals surface area contributed by atoms with Crippen molar-refractivity contribution in [3.8, 4) is 5.75 Å². The third-order valence-corrected chi connectivity index (χ3v) is 4.73. The Balaban J connectivity index is 2.10. The van der Waals surface area contributed by atoms with E-state index in [4.69, 9.17) is 28.7 Å². The maximum absolute atomic E-state index is 10.5. The number of ether oxygens (including phenoxy) is 4. The van der Waals surface area contributed by atoms with Gasteiger partial charge in [0.25, 0.3) is 0 Å². The van der Waals surface area contributed by atoms with E-state index >= 15 is 0 Å². The highest BCUT2D eigenvalue weighted by Gasteiger charge is 2.13. The average molecular weight is 448 g/mol. The molecule has 0 saturated carbocycles. The minimum atomic E-state index is -4.42. The molecule has 0 radical (unpaired) electrons. The normalized spacial score (nSPS) is 12.8. The second-order valence-electron chi connectivity index (χ2n) is 6.88. The molecule has 8 nitrogen and oxygen atoms in total. The summed E-state index contributed by atoms with van der Waals surface area (Å²) in [5.74, 6) is 0.857. The van der Waals surface area contributed by atoms with E-state index < -0.39 is 7.82 Å². The zero-order chi connectivity index (χ0) is 21.9. The second-order valence-corrected chi connectivity index (χ2v) is 8.12. The monoisotopic (exact) mass is 448 g/mol. The lowest BCUT2D eigenvalue weighted by molar-refractivity contribution is -0.00956. The summed E-state index contributed by atoms with van der Waals surface area (Å²) in [5, 5.41) is 0. The highest BCUT2D eigenvalue weighted by molar-refractivity contribution is 7.46. The maximum Gasteiger partial charge on any atom is 0.469 e. The number of para-hydroxylation sites is 1. The lowest BCUT2D eigenvalue weighted by atomic mass is 10.1. The van der Waals surface area contributed by atoms with Crippen LogP contribution in [-0.4, -0.2) is 62.1 Å². The Morgan fingerprint density at radius 3 is 2.07 bits per heavy atom. The predicted octanol–water partition coefficient (Wildman–Crippen LogP) is 3.95. The Morgan fingerprint density at radius 1 is 0.833 bits per heavy atom. The van der Waals surface area contributed by atoms with Crippen LogP contribution < -0.4 is 4.74 Å². The van der Waals surface area contributed by atoms with Gasteiger partial charge in [-0.25, -0.2) is 4.57 Å². The van der Waals surface area contributed by atoms with Crippen molar-refractivity contribution in [3.05, 3.63) is 30.3 Å². The first-order valence-electron chi connectivity index (χ1n) is 10.7. The lowest BCUT2D eigenvalue weighted by Crippen LogP contribution is -2.24. The highest BCUT2D eigenvalue weighted by atomic mass is 31.2. The molecule has 30 heavy (non-hydrogen) atoms. The zero-order valence-corrected chi connectivity index (χ0v) is 18.8. The summed E-state index contributed by atoms with van der Waals surface area (Å²) < 4.78 is 37.1. The van der Waals surface area contributed by atoms with E-state index in [2.05, 4.69) is 11.4 Å². The molecular formula is C21H37O8P. The van der Waals surface area contributed by atoms with Crippen LogP contribution in [0.15, 0.2) is 30.3 Å². The molecule has 0 aliphatic heterocycles. The van der Waals surface area contributed by atoms with Crippen molar-refractivity contribution in [2.75, 3.05) is 46.2 Å². The van der Waals surface area contributed by atoms with Gasteiger partial charge in [-0.1, -0.05) is 50.8 Å². The topological polar surface area (TPSA) is 104 Å². The van der Waals surface area contributed by atoms with Gasteiger partial charge in [-0.15, -0.1) is 0 Å². The molecule has 0 amide bonds. The SMILES string of the molecule is CCCCCCCC(COCCOCCOCCOP(=O)(O)O)Oc1ccccc1. The van der Waals surface area contributed by atoms with Crippen LogP contribution in [0, 0.1) is 0 Å². The van der Waals surface area contributed by atoms with Crippen molar-refractivity contribution in [2.45, 2.75) is 51.6 Å². The molecule has 2 N–H and O–H groups in total. The van der Waals surface area contributed by atoms with Gasteiger partial charge in [0, 0.05) is 0 Å². The van der Waals surface area contributed by atoms with Gasteiger partial charge in [-0.3, -0.25) is 4.52 Å². The first-order chi connectivity index (χ1) is 14.5. The predicted molar refractivity (Wildman–Crippen MR) is 115 cm³/mol. The minimum absolute atomic E-state index is 0.0198. The van der Waals surface area contributed by atoms with Crippen molar-refractivity contribution >= 4 is 7.82 Å². The molecule has 174 valence electrons. The maximum atomic E-state index is 10.5. The van der Waals surface area contributed by atoms with E-state index in [1.165, 1.54) is 25.7 Å². The number of benzene rings is 1. The second kappa shape index (κ2) is 17.7. The molecule has 9 heteroatoms. The molecule has 0 spiro atoms. The molecule has 1 aromatic rings. The van der Waals surface area contributed by atoms with Crippen molar-refractivity contribution in [2.24, 2.45) is 0 Å². The van der Waals surface area contributed by atoms with Crippen LogP contribution in [0.2, 0.25) is 0 Å². The number of phosphoric ester groups is 1. The van der Waals surface area contributed by atoms with Gasteiger partial charge < -0.3 is 28.7 Å². The number of unbranched alkanes of at least 4 members (excludes halogenated alkanes) is 4. The Labute approximate surface area is 180 Å². The van der Waals surface area contributed by atoms with E-state index in [-0.39, 0.29) is 19.3 Å². The largest absolute Gasteiger partial charge is 0.488 e. The van der Waals surface area contributed by atoms with Gasteiger partial charge in [0.15, 0.2) is 0 Å². The zero-order valence-electron chi connectivity index (χ0n) is 17.9. The smallest absolute Gasteiger partial charge is 0.469 e. The Kier molecular flexibility index (Phi) is 15.9. The molecular weight excluding hydrogens is 411 g/mol. The van der Waals surface area contributed by atoms with Gasteiger partial charge >= 0.3 is 7.82 Å². The van der Waals surface area contributed by atoms with Crippen LogP contribution in [-0.2, 0) is 23.3 Å². The van der Waals surface area contributed by atoms with E-state index in [1.807, 2.05) is 30.3 Å². The Bertz CT molecular complexity index is 551. The number of hydrogen-bond donors (Lipinski definition) is 2. The lowest BCUT2D eigenvalue weighted by Gasteiger charge is -2.19. The summed E-state index contributed by atoms with van der Waals surface area (Å²) in [6.45, 7) is 4.27. The molecule has 0 aromatic heterocycles. The fourth-order valence-corrected chi connectivity index (χ4v) is 3.03. The molecule has 0 heterocycles. The highest BCUT2D eigenvalue weighted by Crippen LogP contribution is 2.35. The van der Waals surface area contributed by atoms with Crippen molar-refractivity contribution < 1.29 is 37.8 Å². The molecule has 1 atom stereocenters. The minimum Gasteiger partial charge on any atom is -0.488 e. The van der Waals surface area contributed by atoms with Gasteiger partial charge in [-0.2, -0.15) is 0 Å². The van der Waals surface area contributed by atoms with Crippen LogP contribution >= 0.6 is 7.82 Å². The van der Waals surface area contributed by atoms with Crippen LogP contribution in [0.25, 0.3) is 0 Å². The standard InChI is InChI=1S/C21H37O8P/c1-2-3-4-5-7-12-21(29-20-10-8-6-9-11-20)19-27-16-15-25-13-14-26-17-18-28-30(22,23)24/h6,8-11,21H,2-5,7,12-19H2,1H3,(H2,22,23,24). The Morgan fingerprint density at radius 2 is 1.43 bits per heavy atom.